The Labute approximate surface area is 176 Å². The lowest BCUT2D eigenvalue weighted by Crippen LogP contribution is -2.11. The minimum absolute atomic E-state index is 0.0316. The Balaban J connectivity index is 1.51. The van der Waals surface area contributed by atoms with Gasteiger partial charge in [-0.3, -0.25) is 4.79 Å². The van der Waals surface area contributed by atoms with Crippen LogP contribution in [0.5, 0.6) is 0 Å². The fraction of sp³-hybridized carbons (Fsp3) is 0.320. The molecule has 2 unspecified atom stereocenters. The van der Waals surface area contributed by atoms with Crippen molar-refractivity contribution in [3.63, 3.8) is 0 Å². The zero-order valence-electron chi connectivity index (χ0n) is 16.8. The summed E-state index contributed by atoms with van der Waals surface area (Å²) in [6.45, 7) is 0. The van der Waals surface area contributed by atoms with Gasteiger partial charge in [-0.05, 0) is 61.6 Å². The number of hydrogen-bond donors (Lipinski definition) is 2. The molecule has 30 heavy (non-hydrogen) atoms. The van der Waals surface area contributed by atoms with Gasteiger partial charge in [0.1, 0.15) is 5.82 Å². The van der Waals surface area contributed by atoms with Gasteiger partial charge < -0.3 is 10.4 Å². The van der Waals surface area contributed by atoms with Gasteiger partial charge >= 0.3 is 5.97 Å². The molecule has 3 aromatic rings. The van der Waals surface area contributed by atoms with E-state index >= 15 is 0 Å². The Bertz CT molecular complexity index is 1060. The van der Waals surface area contributed by atoms with Gasteiger partial charge in [0.15, 0.2) is 5.82 Å². The second kappa shape index (κ2) is 7.90. The maximum absolute atomic E-state index is 10.9. The first-order chi connectivity index (χ1) is 14.7. The number of carbonyl (C=O) groups is 1. The van der Waals surface area contributed by atoms with Gasteiger partial charge in [-0.15, -0.1) is 0 Å². The maximum atomic E-state index is 10.9. The number of fused-ring (bicyclic) bond motifs is 2. The standard InChI is InChI=1S/C25H25N3O2/c29-23(30)13-16-9-11-20(12-10-16)26-25-21-8-4-7-18-14-19(18)15-22(21)27-24(28-25)17-5-2-1-3-6-17/h1-3,5-6,9-12,18-19H,4,7-8,13-15H2,(H,29,30)(H,26,27,28). The van der Waals surface area contributed by atoms with E-state index in [-0.39, 0.29) is 6.42 Å². The lowest BCUT2D eigenvalue weighted by atomic mass is 9.97. The smallest absolute Gasteiger partial charge is 0.307 e. The number of carboxylic acid groups (broad SMARTS) is 1. The van der Waals surface area contributed by atoms with E-state index in [1.807, 2.05) is 42.5 Å². The summed E-state index contributed by atoms with van der Waals surface area (Å²) in [7, 11) is 0. The first kappa shape index (κ1) is 18.8. The third-order valence-electron chi connectivity index (χ3n) is 6.22. The predicted molar refractivity (Wildman–Crippen MR) is 117 cm³/mol. The average Bonchev–Trinajstić information content (AvgIpc) is 3.46. The van der Waals surface area contributed by atoms with E-state index in [9.17, 15) is 4.79 Å². The van der Waals surface area contributed by atoms with Crippen molar-refractivity contribution in [2.45, 2.75) is 38.5 Å². The van der Waals surface area contributed by atoms with E-state index in [2.05, 4.69) is 17.4 Å². The van der Waals surface area contributed by atoms with E-state index in [0.29, 0.717) is 0 Å². The van der Waals surface area contributed by atoms with Gasteiger partial charge in [0, 0.05) is 16.8 Å². The molecule has 1 fully saturated rings. The highest BCUT2D eigenvalue weighted by Crippen LogP contribution is 2.47. The molecule has 5 heteroatoms. The van der Waals surface area contributed by atoms with Crippen molar-refractivity contribution in [3.05, 3.63) is 71.4 Å². The van der Waals surface area contributed by atoms with Gasteiger partial charge in [0.2, 0.25) is 0 Å². The zero-order valence-corrected chi connectivity index (χ0v) is 16.8. The molecule has 0 spiro atoms. The summed E-state index contributed by atoms with van der Waals surface area (Å²) in [5.74, 6) is 2.47. The Morgan fingerprint density at radius 3 is 2.60 bits per heavy atom. The first-order valence-electron chi connectivity index (χ1n) is 10.7. The Morgan fingerprint density at radius 1 is 1.03 bits per heavy atom. The summed E-state index contributed by atoms with van der Waals surface area (Å²) in [6, 6.07) is 17.7. The highest BCUT2D eigenvalue weighted by atomic mass is 16.4. The molecule has 5 rings (SSSR count). The molecular weight excluding hydrogens is 374 g/mol. The van der Waals surface area contributed by atoms with Crippen LogP contribution in [0.4, 0.5) is 11.5 Å². The summed E-state index contributed by atoms with van der Waals surface area (Å²) < 4.78 is 0. The van der Waals surface area contributed by atoms with Gasteiger partial charge in [0.25, 0.3) is 0 Å². The van der Waals surface area contributed by atoms with Crippen molar-refractivity contribution in [2.75, 3.05) is 5.32 Å². The Morgan fingerprint density at radius 2 is 1.83 bits per heavy atom. The van der Waals surface area contributed by atoms with E-state index < -0.39 is 5.97 Å². The minimum atomic E-state index is -0.821. The predicted octanol–water partition coefficient (Wildman–Crippen LogP) is 5.03. The molecule has 0 aliphatic heterocycles. The lowest BCUT2D eigenvalue weighted by Gasteiger charge is -2.19. The maximum Gasteiger partial charge on any atom is 0.307 e. The van der Waals surface area contributed by atoms with Crippen LogP contribution in [0, 0.1) is 11.8 Å². The van der Waals surface area contributed by atoms with Crippen molar-refractivity contribution < 1.29 is 9.90 Å². The van der Waals surface area contributed by atoms with E-state index in [4.69, 9.17) is 15.1 Å². The van der Waals surface area contributed by atoms with Crippen LogP contribution in [-0.2, 0) is 24.1 Å². The number of anilines is 2. The number of aliphatic carboxylic acids is 1. The van der Waals surface area contributed by atoms with E-state index in [1.54, 1.807) is 0 Å². The van der Waals surface area contributed by atoms with Crippen LogP contribution in [0.25, 0.3) is 11.4 Å². The zero-order chi connectivity index (χ0) is 20.5. The Kier molecular flexibility index (Phi) is 4.95. The fourth-order valence-corrected chi connectivity index (χ4v) is 4.50. The lowest BCUT2D eigenvalue weighted by molar-refractivity contribution is -0.136. The van der Waals surface area contributed by atoms with Gasteiger partial charge in [-0.2, -0.15) is 0 Å². The highest BCUT2D eigenvalue weighted by Gasteiger charge is 2.38. The van der Waals surface area contributed by atoms with Crippen LogP contribution in [0.1, 0.15) is 36.1 Å². The van der Waals surface area contributed by atoms with Crippen molar-refractivity contribution in [2.24, 2.45) is 11.8 Å². The van der Waals surface area contributed by atoms with E-state index in [0.717, 1.165) is 53.1 Å². The molecule has 0 saturated heterocycles. The normalized spacial score (nSPS) is 19.7. The average molecular weight is 399 g/mol. The SMILES string of the molecule is O=C(O)Cc1ccc(Nc2nc(-c3ccccc3)nc3c2CCCC2CC2C3)cc1. The number of carboxylic acids is 1. The number of aromatic nitrogens is 2. The summed E-state index contributed by atoms with van der Waals surface area (Å²) in [6.07, 6.45) is 5.87. The van der Waals surface area contributed by atoms with Crippen molar-refractivity contribution >= 4 is 17.5 Å². The molecule has 2 aliphatic rings. The molecule has 2 N–H and O–H groups in total. The van der Waals surface area contributed by atoms with E-state index in [1.165, 1.54) is 30.5 Å². The number of rotatable bonds is 5. The number of nitrogens with zero attached hydrogens (tertiary/aromatic N) is 2. The monoisotopic (exact) mass is 399 g/mol. The van der Waals surface area contributed by atoms with Gasteiger partial charge in [-0.1, -0.05) is 42.5 Å². The minimum Gasteiger partial charge on any atom is -0.481 e. The molecule has 0 bridgehead atoms. The largest absolute Gasteiger partial charge is 0.481 e. The van der Waals surface area contributed by atoms with Gasteiger partial charge in [0.05, 0.1) is 12.1 Å². The van der Waals surface area contributed by atoms with Crippen LogP contribution in [0.15, 0.2) is 54.6 Å². The third kappa shape index (κ3) is 4.06. The quantitative estimate of drug-likeness (QED) is 0.629. The second-order valence-corrected chi connectivity index (χ2v) is 8.43. The molecule has 1 aromatic heterocycles. The van der Waals surface area contributed by atoms with Crippen LogP contribution >= 0.6 is 0 Å². The first-order valence-corrected chi connectivity index (χ1v) is 10.7. The third-order valence-corrected chi connectivity index (χ3v) is 6.22. The van der Waals surface area contributed by atoms with Crippen molar-refractivity contribution in [3.8, 4) is 11.4 Å². The second-order valence-electron chi connectivity index (χ2n) is 8.43. The Hall–Kier alpha value is -3.21. The molecule has 2 aromatic carbocycles. The summed E-state index contributed by atoms with van der Waals surface area (Å²) in [4.78, 5) is 20.8. The summed E-state index contributed by atoms with van der Waals surface area (Å²) >= 11 is 0. The molecule has 1 heterocycles. The summed E-state index contributed by atoms with van der Waals surface area (Å²) in [5, 5.41) is 12.5. The molecule has 5 nitrogen and oxygen atoms in total. The van der Waals surface area contributed by atoms with Crippen LogP contribution in [0.2, 0.25) is 0 Å². The molecule has 2 aliphatic carbocycles. The molecule has 152 valence electrons. The topological polar surface area (TPSA) is 75.1 Å². The van der Waals surface area contributed by atoms with Crippen molar-refractivity contribution in [1.29, 1.82) is 0 Å². The molecule has 1 saturated carbocycles. The highest BCUT2D eigenvalue weighted by molar-refractivity contribution is 5.71. The van der Waals surface area contributed by atoms with Crippen LogP contribution in [0.3, 0.4) is 0 Å². The van der Waals surface area contributed by atoms with Gasteiger partial charge in [-0.25, -0.2) is 9.97 Å². The molecule has 0 amide bonds. The van der Waals surface area contributed by atoms with Crippen molar-refractivity contribution in [1.82, 2.24) is 9.97 Å². The number of hydrogen-bond acceptors (Lipinski definition) is 4. The summed E-state index contributed by atoms with van der Waals surface area (Å²) in [5.41, 5.74) is 5.14. The molecule has 0 radical (unpaired) electrons. The van der Waals surface area contributed by atoms with Crippen LogP contribution in [-0.4, -0.2) is 21.0 Å². The molecule has 2 atom stereocenters. The van der Waals surface area contributed by atoms with Crippen LogP contribution < -0.4 is 5.32 Å². The fourth-order valence-electron chi connectivity index (χ4n) is 4.50. The number of benzene rings is 2. The molecular formula is C25H25N3O2. The number of nitrogens with one attached hydrogen (secondary N) is 1.